The van der Waals surface area contributed by atoms with Crippen molar-refractivity contribution < 1.29 is 19.1 Å². The van der Waals surface area contributed by atoms with Gasteiger partial charge in [0.15, 0.2) is 6.61 Å². The van der Waals surface area contributed by atoms with Crippen molar-refractivity contribution in [2.75, 3.05) is 32.9 Å². The fraction of sp³-hybridized carbons (Fsp3) is 0.692. The third-order valence-electron chi connectivity index (χ3n) is 3.27. The first-order valence-corrected chi connectivity index (χ1v) is 6.37. The number of carbonyl (C=O) groups excluding carboxylic acids is 2. The minimum absolute atomic E-state index is 0.149. The maximum atomic E-state index is 11.7. The number of hydrogen-bond donors (Lipinski definition) is 0. The van der Waals surface area contributed by atoms with Crippen molar-refractivity contribution in [1.29, 1.82) is 0 Å². The van der Waals surface area contributed by atoms with Gasteiger partial charge in [0.2, 0.25) is 0 Å². The fourth-order valence-electron chi connectivity index (χ4n) is 1.92. The Bertz CT molecular complexity index is 354. The lowest BCUT2D eigenvalue weighted by Crippen LogP contribution is -2.42. The summed E-state index contributed by atoms with van der Waals surface area (Å²) >= 11 is 0. The molecular formula is C13H19NO4. The maximum absolute atomic E-state index is 11.7. The quantitative estimate of drug-likeness (QED) is 0.548. The fourth-order valence-corrected chi connectivity index (χ4v) is 1.92. The van der Waals surface area contributed by atoms with E-state index in [1.165, 1.54) is 6.08 Å². The zero-order valence-corrected chi connectivity index (χ0v) is 10.7. The molecule has 0 bridgehead atoms. The Morgan fingerprint density at radius 2 is 2.00 bits per heavy atom. The highest BCUT2D eigenvalue weighted by atomic mass is 16.5. The number of allylic oxidation sites excluding steroid dienone is 1. The Kier molecular flexibility index (Phi) is 4.36. The van der Waals surface area contributed by atoms with E-state index in [1.54, 1.807) is 4.90 Å². The first kappa shape index (κ1) is 13.1. The maximum Gasteiger partial charge on any atom is 0.331 e. The minimum atomic E-state index is -0.416. The largest absolute Gasteiger partial charge is 0.452 e. The number of carbonyl (C=O) groups is 2. The molecule has 0 atom stereocenters. The van der Waals surface area contributed by atoms with E-state index < -0.39 is 5.97 Å². The molecule has 0 spiro atoms. The summed E-state index contributed by atoms with van der Waals surface area (Å²) in [6.07, 6.45) is 3.81. The number of nitrogens with zero attached hydrogens (tertiary/aromatic N) is 1. The summed E-state index contributed by atoms with van der Waals surface area (Å²) in [4.78, 5) is 24.8. The van der Waals surface area contributed by atoms with Gasteiger partial charge in [-0.1, -0.05) is 5.57 Å². The van der Waals surface area contributed by atoms with E-state index in [4.69, 9.17) is 9.47 Å². The average molecular weight is 253 g/mol. The average Bonchev–Trinajstić information content (AvgIpc) is 3.21. The van der Waals surface area contributed by atoms with Gasteiger partial charge in [0.25, 0.3) is 5.91 Å². The van der Waals surface area contributed by atoms with Crippen LogP contribution in [0.2, 0.25) is 0 Å². The monoisotopic (exact) mass is 253 g/mol. The lowest BCUT2D eigenvalue weighted by Gasteiger charge is -2.26. The summed E-state index contributed by atoms with van der Waals surface area (Å²) in [5.74, 6) is -0.0161. The molecule has 0 unspecified atom stereocenters. The number of rotatable bonds is 4. The van der Waals surface area contributed by atoms with Gasteiger partial charge in [0.1, 0.15) is 0 Å². The standard InChI is InChI=1S/C13H19NO4/c1-10(11-2-3-11)8-13(16)18-9-12(15)14-4-6-17-7-5-14/h8,11H,2-7,9H2,1H3. The molecule has 100 valence electrons. The Morgan fingerprint density at radius 3 is 2.61 bits per heavy atom. The Morgan fingerprint density at radius 1 is 1.33 bits per heavy atom. The molecule has 2 aliphatic rings. The number of esters is 1. The molecule has 1 aliphatic heterocycles. The molecule has 0 N–H and O–H groups in total. The van der Waals surface area contributed by atoms with Gasteiger partial charge in [-0.05, 0) is 25.7 Å². The molecule has 0 radical (unpaired) electrons. The van der Waals surface area contributed by atoms with Crippen molar-refractivity contribution in [3.8, 4) is 0 Å². The van der Waals surface area contributed by atoms with E-state index in [0.29, 0.717) is 32.2 Å². The molecular weight excluding hydrogens is 234 g/mol. The highest BCUT2D eigenvalue weighted by Gasteiger charge is 2.24. The van der Waals surface area contributed by atoms with Gasteiger partial charge in [0, 0.05) is 19.2 Å². The summed E-state index contributed by atoms with van der Waals surface area (Å²) in [7, 11) is 0. The SMILES string of the molecule is CC(=CC(=O)OCC(=O)N1CCOCC1)C1CC1. The molecule has 2 fully saturated rings. The van der Waals surface area contributed by atoms with Crippen molar-refractivity contribution >= 4 is 11.9 Å². The predicted octanol–water partition coefficient (Wildman–Crippen LogP) is 0.745. The van der Waals surface area contributed by atoms with E-state index in [2.05, 4.69) is 0 Å². The molecule has 0 aromatic carbocycles. The summed E-state index contributed by atoms with van der Waals surface area (Å²) in [6, 6.07) is 0. The molecule has 1 saturated carbocycles. The van der Waals surface area contributed by atoms with Gasteiger partial charge in [-0.15, -0.1) is 0 Å². The molecule has 1 amide bonds. The van der Waals surface area contributed by atoms with Crippen molar-refractivity contribution in [3.05, 3.63) is 11.6 Å². The van der Waals surface area contributed by atoms with Crippen LogP contribution in [0.3, 0.4) is 0 Å². The van der Waals surface area contributed by atoms with Gasteiger partial charge >= 0.3 is 5.97 Å². The lowest BCUT2D eigenvalue weighted by molar-refractivity contribution is -0.150. The van der Waals surface area contributed by atoms with Crippen LogP contribution < -0.4 is 0 Å². The van der Waals surface area contributed by atoms with E-state index in [-0.39, 0.29) is 12.5 Å². The van der Waals surface area contributed by atoms with Gasteiger partial charge in [-0.3, -0.25) is 4.79 Å². The van der Waals surface area contributed by atoms with Crippen LogP contribution in [0.1, 0.15) is 19.8 Å². The molecule has 1 heterocycles. The van der Waals surface area contributed by atoms with E-state index in [9.17, 15) is 9.59 Å². The molecule has 18 heavy (non-hydrogen) atoms. The predicted molar refractivity (Wildman–Crippen MR) is 64.8 cm³/mol. The van der Waals surface area contributed by atoms with Gasteiger partial charge in [-0.2, -0.15) is 0 Å². The Balaban J connectivity index is 1.71. The first-order valence-electron chi connectivity index (χ1n) is 6.37. The van der Waals surface area contributed by atoms with Crippen LogP contribution in [0.4, 0.5) is 0 Å². The van der Waals surface area contributed by atoms with Crippen molar-refractivity contribution in [1.82, 2.24) is 4.90 Å². The topological polar surface area (TPSA) is 55.8 Å². The summed E-state index contributed by atoms with van der Waals surface area (Å²) in [5, 5.41) is 0. The molecule has 1 saturated heterocycles. The van der Waals surface area contributed by atoms with Crippen LogP contribution in [0.5, 0.6) is 0 Å². The number of ether oxygens (including phenoxy) is 2. The second-order valence-corrected chi connectivity index (χ2v) is 4.76. The van der Waals surface area contributed by atoms with Crippen LogP contribution in [-0.4, -0.2) is 49.7 Å². The third kappa shape index (κ3) is 3.84. The first-order chi connectivity index (χ1) is 8.66. The Hall–Kier alpha value is -1.36. The van der Waals surface area contributed by atoms with E-state index >= 15 is 0 Å². The lowest BCUT2D eigenvalue weighted by atomic mass is 10.2. The van der Waals surface area contributed by atoms with E-state index in [0.717, 1.165) is 18.4 Å². The van der Waals surface area contributed by atoms with Crippen LogP contribution >= 0.6 is 0 Å². The summed E-state index contributed by atoms with van der Waals surface area (Å²) in [6.45, 7) is 4.03. The molecule has 5 heteroatoms. The third-order valence-corrected chi connectivity index (χ3v) is 3.27. The van der Waals surface area contributed by atoms with E-state index in [1.807, 2.05) is 6.92 Å². The van der Waals surface area contributed by atoms with Gasteiger partial charge in [-0.25, -0.2) is 4.79 Å². The smallest absolute Gasteiger partial charge is 0.331 e. The number of amides is 1. The zero-order chi connectivity index (χ0) is 13.0. The highest BCUT2D eigenvalue weighted by molar-refractivity contribution is 5.86. The van der Waals surface area contributed by atoms with Crippen LogP contribution in [-0.2, 0) is 19.1 Å². The minimum Gasteiger partial charge on any atom is -0.452 e. The summed E-state index contributed by atoms with van der Waals surface area (Å²) in [5.41, 5.74) is 1.05. The Labute approximate surface area is 107 Å². The number of hydrogen-bond acceptors (Lipinski definition) is 4. The number of morpholine rings is 1. The van der Waals surface area contributed by atoms with Crippen molar-refractivity contribution in [3.63, 3.8) is 0 Å². The zero-order valence-electron chi connectivity index (χ0n) is 10.7. The second kappa shape index (κ2) is 6.00. The second-order valence-electron chi connectivity index (χ2n) is 4.76. The van der Waals surface area contributed by atoms with Crippen LogP contribution in [0, 0.1) is 5.92 Å². The molecule has 2 rings (SSSR count). The normalized spacial score (nSPS) is 20.7. The van der Waals surface area contributed by atoms with Gasteiger partial charge in [0.05, 0.1) is 13.2 Å². The van der Waals surface area contributed by atoms with Crippen molar-refractivity contribution in [2.45, 2.75) is 19.8 Å². The highest BCUT2D eigenvalue weighted by Crippen LogP contribution is 2.35. The molecule has 5 nitrogen and oxygen atoms in total. The summed E-state index contributed by atoms with van der Waals surface area (Å²) < 4.78 is 10.1. The van der Waals surface area contributed by atoms with Gasteiger partial charge < -0.3 is 14.4 Å². The molecule has 0 aromatic rings. The van der Waals surface area contributed by atoms with Crippen LogP contribution in [0.15, 0.2) is 11.6 Å². The molecule has 0 aromatic heterocycles. The molecule has 1 aliphatic carbocycles. The van der Waals surface area contributed by atoms with Crippen LogP contribution in [0.25, 0.3) is 0 Å². The van der Waals surface area contributed by atoms with Crippen molar-refractivity contribution in [2.24, 2.45) is 5.92 Å².